The Hall–Kier alpha value is -2.29. The molecule has 0 radical (unpaired) electrons. The van der Waals surface area contributed by atoms with E-state index >= 15 is 0 Å². The van der Waals surface area contributed by atoms with Crippen molar-refractivity contribution in [2.45, 2.75) is 6.92 Å². The average molecular weight is 247 g/mol. The summed E-state index contributed by atoms with van der Waals surface area (Å²) in [6.45, 7) is 2.30. The van der Waals surface area contributed by atoms with E-state index in [4.69, 9.17) is 11.0 Å². The van der Waals surface area contributed by atoms with Gasteiger partial charge in [0.25, 0.3) is 0 Å². The van der Waals surface area contributed by atoms with Crippen molar-refractivity contribution in [3.05, 3.63) is 17.8 Å². The van der Waals surface area contributed by atoms with Crippen molar-refractivity contribution in [2.75, 3.05) is 31.3 Å². The first-order chi connectivity index (χ1) is 8.49. The molecule has 0 aliphatic heterocycles. The SMILES string of the molecule is CNC(=O)C(C)CN(C)c1ncc(N)cc1C#N. The summed E-state index contributed by atoms with van der Waals surface area (Å²) in [7, 11) is 3.39. The van der Waals surface area contributed by atoms with Gasteiger partial charge in [-0.1, -0.05) is 6.92 Å². The number of hydrogen-bond donors (Lipinski definition) is 2. The highest BCUT2D eigenvalue weighted by molar-refractivity contribution is 5.78. The van der Waals surface area contributed by atoms with E-state index in [1.165, 1.54) is 6.20 Å². The summed E-state index contributed by atoms with van der Waals surface area (Å²) in [4.78, 5) is 17.4. The number of nitrogens with two attached hydrogens (primary N) is 1. The van der Waals surface area contributed by atoms with Gasteiger partial charge in [-0.15, -0.1) is 0 Å². The molecule has 18 heavy (non-hydrogen) atoms. The van der Waals surface area contributed by atoms with Crippen LogP contribution in [-0.4, -0.2) is 31.5 Å². The Kier molecular flexibility index (Phi) is 4.49. The minimum atomic E-state index is -0.189. The first-order valence-corrected chi connectivity index (χ1v) is 5.58. The Morgan fingerprint density at radius 1 is 1.72 bits per heavy atom. The third-order valence-electron chi connectivity index (χ3n) is 2.61. The highest BCUT2D eigenvalue weighted by Crippen LogP contribution is 2.18. The average Bonchev–Trinajstić information content (AvgIpc) is 2.37. The minimum absolute atomic E-state index is 0.0456. The second-order valence-corrected chi connectivity index (χ2v) is 4.15. The lowest BCUT2D eigenvalue weighted by Gasteiger charge is -2.22. The van der Waals surface area contributed by atoms with Gasteiger partial charge >= 0.3 is 0 Å². The summed E-state index contributed by atoms with van der Waals surface area (Å²) in [5, 5.41) is 11.6. The van der Waals surface area contributed by atoms with E-state index in [9.17, 15) is 4.79 Å². The third kappa shape index (κ3) is 3.10. The van der Waals surface area contributed by atoms with Gasteiger partial charge in [-0.3, -0.25) is 4.79 Å². The van der Waals surface area contributed by atoms with E-state index in [1.54, 1.807) is 25.1 Å². The third-order valence-corrected chi connectivity index (χ3v) is 2.61. The lowest BCUT2D eigenvalue weighted by molar-refractivity contribution is -0.123. The van der Waals surface area contributed by atoms with Crippen molar-refractivity contribution in [3.8, 4) is 6.07 Å². The van der Waals surface area contributed by atoms with Crippen LogP contribution in [-0.2, 0) is 4.79 Å². The monoisotopic (exact) mass is 247 g/mol. The molecule has 1 aromatic rings. The molecule has 0 spiro atoms. The van der Waals surface area contributed by atoms with Crippen LogP contribution in [0.2, 0.25) is 0 Å². The van der Waals surface area contributed by atoms with Crippen molar-refractivity contribution in [3.63, 3.8) is 0 Å². The Labute approximate surface area is 106 Å². The fraction of sp³-hybridized carbons (Fsp3) is 0.417. The zero-order valence-corrected chi connectivity index (χ0v) is 10.8. The normalized spacial score (nSPS) is 11.4. The van der Waals surface area contributed by atoms with Crippen molar-refractivity contribution >= 4 is 17.4 Å². The Morgan fingerprint density at radius 3 is 2.94 bits per heavy atom. The summed E-state index contributed by atoms with van der Waals surface area (Å²) in [6.07, 6.45) is 1.50. The maximum absolute atomic E-state index is 11.4. The van der Waals surface area contributed by atoms with Crippen LogP contribution in [0.1, 0.15) is 12.5 Å². The molecule has 1 heterocycles. The van der Waals surface area contributed by atoms with E-state index in [0.29, 0.717) is 23.6 Å². The van der Waals surface area contributed by atoms with Crippen LogP contribution in [0.5, 0.6) is 0 Å². The molecule has 0 aliphatic rings. The van der Waals surface area contributed by atoms with Crippen molar-refractivity contribution in [1.82, 2.24) is 10.3 Å². The minimum Gasteiger partial charge on any atom is -0.397 e. The molecule has 1 rings (SSSR count). The second kappa shape index (κ2) is 5.87. The molecule has 1 atom stereocenters. The predicted molar refractivity (Wildman–Crippen MR) is 69.9 cm³/mol. The summed E-state index contributed by atoms with van der Waals surface area (Å²) in [5.41, 5.74) is 6.43. The molecule has 0 saturated carbocycles. The number of anilines is 2. The van der Waals surface area contributed by atoms with Gasteiger partial charge in [0.2, 0.25) is 5.91 Å². The lowest BCUT2D eigenvalue weighted by Crippen LogP contribution is -2.35. The molecular formula is C12H17N5O. The predicted octanol–water partition coefficient (Wildman–Crippen LogP) is 0.354. The first kappa shape index (κ1) is 13.8. The molecular weight excluding hydrogens is 230 g/mol. The van der Waals surface area contributed by atoms with E-state index in [0.717, 1.165) is 0 Å². The highest BCUT2D eigenvalue weighted by Gasteiger charge is 2.16. The number of pyridine rings is 1. The van der Waals surface area contributed by atoms with Crippen LogP contribution in [0.25, 0.3) is 0 Å². The van der Waals surface area contributed by atoms with E-state index in [1.807, 2.05) is 13.0 Å². The zero-order valence-electron chi connectivity index (χ0n) is 10.8. The smallest absolute Gasteiger partial charge is 0.224 e. The van der Waals surface area contributed by atoms with Gasteiger partial charge in [0.05, 0.1) is 23.4 Å². The molecule has 1 unspecified atom stereocenters. The van der Waals surface area contributed by atoms with Crippen LogP contribution >= 0.6 is 0 Å². The van der Waals surface area contributed by atoms with Gasteiger partial charge in [-0.05, 0) is 6.07 Å². The number of nitrogen functional groups attached to an aromatic ring is 1. The van der Waals surface area contributed by atoms with E-state index in [2.05, 4.69) is 10.3 Å². The van der Waals surface area contributed by atoms with Crippen molar-refractivity contribution < 1.29 is 4.79 Å². The fourth-order valence-electron chi connectivity index (χ4n) is 1.69. The summed E-state index contributed by atoms with van der Waals surface area (Å²) in [5.74, 6) is 0.296. The summed E-state index contributed by atoms with van der Waals surface area (Å²) < 4.78 is 0. The highest BCUT2D eigenvalue weighted by atomic mass is 16.1. The molecule has 1 amide bonds. The standard InChI is InChI=1S/C12H17N5O/c1-8(12(18)15-2)7-17(3)11-9(5-13)4-10(14)6-16-11/h4,6,8H,7,14H2,1-3H3,(H,15,18). The molecule has 3 N–H and O–H groups in total. The first-order valence-electron chi connectivity index (χ1n) is 5.58. The van der Waals surface area contributed by atoms with Gasteiger partial charge in [-0.2, -0.15) is 5.26 Å². The molecule has 6 heteroatoms. The molecule has 6 nitrogen and oxygen atoms in total. The number of carbonyl (C=O) groups excluding carboxylic acids is 1. The van der Waals surface area contributed by atoms with E-state index < -0.39 is 0 Å². The van der Waals surface area contributed by atoms with Crippen LogP contribution in [0.4, 0.5) is 11.5 Å². The van der Waals surface area contributed by atoms with Gasteiger partial charge in [0.15, 0.2) is 0 Å². The zero-order chi connectivity index (χ0) is 13.7. The second-order valence-electron chi connectivity index (χ2n) is 4.15. The van der Waals surface area contributed by atoms with Crippen LogP contribution in [0, 0.1) is 17.2 Å². The molecule has 0 aromatic carbocycles. The number of aromatic nitrogens is 1. The number of rotatable bonds is 4. The molecule has 0 bridgehead atoms. The maximum Gasteiger partial charge on any atom is 0.224 e. The molecule has 0 aliphatic carbocycles. The van der Waals surface area contributed by atoms with Gasteiger partial charge in [0.1, 0.15) is 11.9 Å². The number of nitriles is 1. The van der Waals surface area contributed by atoms with Crippen molar-refractivity contribution in [1.29, 1.82) is 5.26 Å². The number of hydrogen-bond acceptors (Lipinski definition) is 5. The molecule has 0 saturated heterocycles. The van der Waals surface area contributed by atoms with Crippen LogP contribution < -0.4 is 16.0 Å². The van der Waals surface area contributed by atoms with Crippen LogP contribution in [0.15, 0.2) is 12.3 Å². The van der Waals surface area contributed by atoms with Crippen LogP contribution in [0.3, 0.4) is 0 Å². The Bertz CT molecular complexity index is 480. The Balaban J connectivity index is 2.88. The summed E-state index contributed by atoms with van der Waals surface area (Å²) in [6, 6.07) is 3.62. The maximum atomic E-state index is 11.4. The quantitative estimate of drug-likeness (QED) is 0.800. The number of amides is 1. The molecule has 0 fully saturated rings. The van der Waals surface area contributed by atoms with Gasteiger partial charge in [-0.25, -0.2) is 4.98 Å². The molecule has 1 aromatic heterocycles. The van der Waals surface area contributed by atoms with Crippen molar-refractivity contribution in [2.24, 2.45) is 5.92 Å². The Morgan fingerprint density at radius 2 is 2.39 bits per heavy atom. The van der Waals surface area contributed by atoms with E-state index in [-0.39, 0.29) is 11.8 Å². The largest absolute Gasteiger partial charge is 0.397 e. The number of nitrogens with one attached hydrogen (secondary N) is 1. The number of carbonyl (C=O) groups is 1. The topological polar surface area (TPSA) is 95.0 Å². The molecule has 96 valence electrons. The van der Waals surface area contributed by atoms with Gasteiger partial charge in [0, 0.05) is 20.6 Å². The van der Waals surface area contributed by atoms with Gasteiger partial charge < -0.3 is 16.0 Å². The lowest BCUT2D eigenvalue weighted by atomic mass is 10.1. The summed E-state index contributed by atoms with van der Waals surface area (Å²) >= 11 is 0. The number of nitrogens with zero attached hydrogens (tertiary/aromatic N) is 3. The fourth-order valence-corrected chi connectivity index (χ4v) is 1.69.